The van der Waals surface area contributed by atoms with E-state index >= 15 is 0 Å². The molecule has 1 rings (SSSR count). The molecule has 170 valence electrons. The van der Waals surface area contributed by atoms with Crippen LogP contribution in [0.5, 0.6) is 0 Å². The van der Waals surface area contributed by atoms with Crippen LogP contribution < -0.4 is 15.3 Å². The normalized spacial score (nSPS) is 21.7. The standard InChI is InChI=1S/C17H22N4O10/c1-7(22)19-14-11(20-21-18)5-12(17(26)27)31-16(14)15(30-10(4)25)13(29-9(3)24)6-28-8(2)23/h5,11,13-16,18H,6H2,1-4H3,(H-,19,22,26,27). The van der Waals surface area contributed by atoms with Crippen molar-refractivity contribution < 1.29 is 48.0 Å². The second-order valence-electron chi connectivity index (χ2n) is 6.36. The first-order valence-corrected chi connectivity index (χ1v) is 8.87. The van der Waals surface area contributed by atoms with Crippen LogP contribution in [0, 0.1) is 5.53 Å². The van der Waals surface area contributed by atoms with E-state index in [0.29, 0.717) is 0 Å². The molecule has 1 heterocycles. The lowest BCUT2D eigenvalue weighted by molar-refractivity contribution is -0.305. The predicted octanol–water partition coefficient (Wildman–Crippen LogP) is -2.13. The van der Waals surface area contributed by atoms with Crippen molar-refractivity contribution in [2.45, 2.75) is 58.1 Å². The number of nitrogens with one attached hydrogen (secondary N) is 2. The average Bonchev–Trinajstić information content (AvgIpc) is 2.63. The first kappa shape index (κ1) is 25.2. The molecule has 1 aliphatic heterocycles. The number of carbonyl (C=O) groups is 5. The van der Waals surface area contributed by atoms with Gasteiger partial charge in [-0.1, -0.05) is 0 Å². The number of ether oxygens (including phenoxy) is 4. The van der Waals surface area contributed by atoms with Crippen LogP contribution in [0.25, 0.3) is 0 Å². The van der Waals surface area contributed by atoms with Crippen molar-refractivity contribution in [3.8, 4) is 0 Å². The predicted molar refractivity (Wildman–Crippen MR) is 94.4 cm³/mol. The Morgan fingerprint density at radius 3 is 2.23 bits per heavy atom. The summed E-state index contributed by atoms with van der Waals surface area (Å²) < 4.78 is 20.6. The van der Waals surface area contributed by atoms with Crippen molar-refractivity contribution in [3.05, 3.63) is 11.8 Å². The van der Waals surface area contributed by atoms with Crippen LogP contribution in [0.15, 0.2) is 16.9 Å². The van der Waals surface area contributed by atoms with E-state index in [1.165, 1.54) is 0 Å². The number of amides is 1. The lowest BCUT2D eigenvalue weighted by atomic mass is 9.92. The second-order valence-corrected chi connectivity index (χ2v) is 6.36. The van der Waals surface area contributed by atoms with E-state index in [-0.39, 0.29) is 0 Å². The molecule has 0 spiro atoms. The minimum atomic E-state index is -1.76. The van der Waals surface area contributed by atoms with Crippen LogP contribution >= 0.6 is 0 Å². The number of hydrogen-bond donors (Lipinski definition) is 2. The van der Waals surface area contributed by atoms with Gasteiger partial charge in [-0.3, -0.25) is 19.2 Å². The van der Waals surface area contributed by atoms with E-state index < -0.39 is 72.5 Å². The first-order valence-electron chi connectivity index (χ1n) is 8.87. The molecule has 0 aliphatic carbocycles. The molecule has 0 bridgehead atoms. The molecule has 14 heteroatoms. The Labute approximate surface area is 176 Å². The number of carbonyl (C=O) groups excluding carboxylic acids is 5. The van der Waals surface area contributed by atoms with Crippen LogP contribution in [-0.2, 0) is 42.9 Å². The van der Waals surface area contributed by atoms with Gasteiger partial charge in [0.25, 0.3) is 0 Å². The minimum Gasteiger partial charge on any atom is -0.542 e. The van der Waals surface area contributed by atoms with Gasteiger partial charge < -0.3 is 34.2 Å². The quantitative estimate of drug-likeness (QED) is 0.171. The fraction of sp³-hybridized carbons (Fsp3) is 0.588. The Morgan fingerprint density at radius 2 is 1.77 bits per heavy atom. The molecule has 1 amide bonds. The summed E-state index contributed by atoms with van der Waals surface area (Å²) in [5.41, 5.74) is 6.96. The maximum absolute atomic E-state index is 11.7. The molecule has 1 aliphatic rings. The van der Waals surface area contributed by atoms with Crippen molar-refractivity contribution >= 4 is 29.8 Å². The highest BCUT2D eigenvalue weighted by Gasteiger charge is 2.48. The lowest BCUT2D eigenvalue weighted by Gasteiger charge is -2.40. The fourth-order valence-electron chi connectivity index (χ4n) is 2.83. The van der Waals surface area contributed by atoms with Crippen molar-refractivity contribution in [2.75, 3.05) is 6.61 Å². The van der Waals surface area contributed by atoms with Gasteiger partial charge >= 0.3 is 17.9 Å². The highest BCUT2D eigenvalue weighted by Crippen LogP contribution is 2.27. The van der Waals surface area contributed by atoms with Crippen molar-refractivity contribution in [3.63, 3.8) is 0 Å². The Hall–Kier alpha value is -3.80. The molecule has 14 nitrogen and oxygen atoms in total. The van der Waals surface area contributed by atoms with Gasteiger partial charge in [0.15, 0.2) is 24.4 Å². The number of rotatable bonds is 9. The summed E-state index contributed by atoms with van der Waals surface area (Å²) in [6.45, 7) is 3.73. The van der Waals surface area contributed by atoms with E-state index in [1.807, 2.05) is 0 Å². The van der Waals surface area contributed by atoms with E-state index in [0.717, 1.165) is 33.8 Å². The maximum Gasteiger partial charge on any atom is 0.303 e. The van der Waals surface area contributed by atoms with Crippen LogP contribution in [0.1, 0.15) is 27.7 Å². The summed E-state index contributed by atoms with van der Waals surface area (Å²) in [5.74, 6) is -5.55. The van der Waals surface area contributed by atoms with Gasteiger partial charge in [-0.15, -0.1) is 0 Å². The Kier molecular flexibility index (Phi) is 9.28. The molecule has 0 saturated heterocycles. The van der Waals surface area contributed by atoms with Gasteiger partial charge in [0.05, 0.1) is 0 Å². The Bertz CT molecular complexity index is 820. The van der Waals surface area contributed by atoms with Crippen LogP contribution in [0.3, 0.4) is 0 Å². The summed E-state index contributed by atoms with van der Waals surface area (Å²) in [4.78, 5) is 60.6. The number of hydrogen-bond acceptors (Lipinski definition) is 12. The molecule has 31 heavy (non-hydrogen) atoms. The van der Waals surface area contributed by atoms with Gasteiger partial charge in [0.1, 0.15) is 35.0 Å². The zero-order chi connectivity index (χ0) is 23.7. The summed E-state index contributed by atoms with van der Waals surface area (Å²) in [6.07, 6.45) is -3.58. The van der Waals surface area contributed by atoms with Crippen molar-refractivity contribution in [2.24, 2.45) is 5.11 Å². The van der Waals surface area contributed by atoms with Gasteiger partial charge in [-0.2, -0.15) is 0 Å². The Balaban J connectivity index is 3.54. The van der Waals surface area contributed by atoms with Crippen LogP contribution in [0.4, 0.5) is 0 Å². The number of aliphatic carboxylic acids is 1. The molecule has 0 saturated carbocycles. The van der Waals surface area contributed by atoms with Gasteiger partial charge in [0, 0.05) is 27.7 Å². The smallest absolute Gasteiger partial charge is 0.303 e. The van der Waals surface area contributed by atoms with E-state index in [2.05, 4.69) is 15.3 Å². The highest BCUT2D eigenvalue weighted by atomic mass is 16.6. The molecule has 0 aromatic rings. The van der Waals surface area contributed by atoms with Crippen molar-refractivity contribution in [1.29, 1.82) is 5.53 Å². The SMILES string of the molecule is CC(=O)NC1C(N=[N+]=N)C=C(C(=O)[O-])OC1C(OC(C)=O)C(COC(C)=O)OC(C)=O. The third-order valence-electron chi connectivity index (χ3n) is 3.83. The van der Waals surface area contributed by atoms with Crippen molar-refractivity contribution in [1.82, 2.24) is 10.2 Å². The Morgan fingerprint density at radius 1 is 1.16 bits per heavy atom. The van der Waals surface area contributed by atoms with Crippen LogP contribution in [-0.4, -0.2) is 66.8 Å². The molecule has 0 aromatic carbocycles. The van der Waals surface area contributed by atoms with Gasteiger partial charge in [-0.25, -0.2) is 0 Å². The first-order chi connectivity index (χ1) is 14.5. The van der Waals surface area contributed by atoms with Gasteiger partial charge in [-0.05, 0) is 6.08 Å². The maximum atomic E-state index is 11.7. The minimum absolute atomic E-state index is 0.575. The summed E-state index contributed by atoms with van der Waals surface area (Å²) >= 11 is 0. The highest BCUT2D eigenvalue weighted by molar-refractivity contribution is 5.83. The number of carboxylic acid groups (broad SMARTS) is 1. The molecule has 0 radical (unpaired) electrons. The summed E-state index contributed by atoms with van der Waals surface area (Å²) in [7, 11) is 0. The molecule has 0 fully saturated rings. The second kappa shape index (κ2) is 11.4. The number of esters is 3. The lowest BCUT2D eigenvalue weighted by Crippen LogP contribution is -2.61. The fourth-order valence-corrected chi connectivity index (χ4v) is 2.83. The third-order valence-corrected chi connectivity index (χ3v) is 3.83. The van der Waals surface area contributed by atoms with E-state index in [1.54, 1.807) is 0 Å². The monoisotopic (exact) mass is 442 g/mol. The van der Waals surface area contributed by atoms with E-state index in [9.17, 15) is 29.1 Å². The molecular formula is C17H22N4O10. The average molecular weight is 442 g/mol. The molecule has 5 unspecified atom stereocenters. The summed E-state index contributed by atoms with van der Waals surface area (Å²) in [5, 5.41) is 17.4. The third kappa shape index (κ3) is 7.85. The number of carboxylic acids is 1. The largest absolute Gasteiger partial charge is 0.542 e. The molecule has 5 atom stereocenters. The molecular weight excluding hydrogens is 420 g/mol. The summed E-state index contributed by atoms with van der Waals surface area (Å²) in [6, 6.07) is -2.45. The number of nitrogens with zero attached hydrogens (tertiary/aromatic N) is 2. The van der Waals surface area contributed by atoms with Gasteiger partial charge in [0.2, 0.25) is 10.8 Å². The molecule has 0 aromatic heterocycles. The van der Waals surface area contributed by atoms with E-state index in [4.69, 9.17) is 24.5 Å². The topological polar surface area (TPSA) is 208 Å². The molecule has 2 N–H and O–H groups in total. The zero-order valence-corrected chi connectivity index (χ0v) is 17.1. The zero-order valence-electron chi connectivity index (χ0n) is 17.1. The van der Waals surface area contributed by atoms with Crippen LogP contribution in [0.2, 0.25) is 0 Å².